The number of aromatic nitrogens is 2. The minimum Gasteiger partial charge on any atom is -0.354 e. The molecule has 1 aromatic heterocycles. The molecule has 0 unspecified atom stereocenters. The van der Waals surface area contributed by atoms with Crippen LogP contribution in [0.4, 0.5) is 17.5 Å². The second-order valence-corrected chi connectivity index (χ2v) is 5.04. The number of nitrogens with zero attached hydrogens (tertiary/aromatic N) is 3. The van der Waals surface area contributed by atoms with Gasteiger partial charge in [-0.3, -0.25) is 0 Å². The van der Waals surface area contributed by atoms with E-state index in [1.165, 1.54) is 0 Å². The molecule has 102 valence electrons. The summed E-state index contributed by atoms with van der Waals surface area (Å²) in [6.45, 7) is 4.72. The van der Waals surface area contributed by atoms with E-state index in [1.54, 1.807) is 18.3 Å². The maximum absolute atomic E-state index is 8.97. The van der Waals surface area contributed by atoms with Crippen molar-refractivity contribution in [1.29, 1.82) is 5.26 Å². The van der Waals surface area contributed by atoms with Crippen molar-refractivity contribution >= 4 is 33.4 Å². The second kappa shape index (κ2) is 6.35. The Morgan fingerprint density at radius 2 is 2.20 bits per heavy atom. The summed E-state index contributed by atoms with van der Waals surface area (Å²) in [5.41, 5.74) is 2.50. The molecule has 20 heavy (non-hydrogen) atoms. The van der Waals surface area contributed by atoms with E-state index in [1.807, 2.05) is 19.9 Å². The van der Waals surface area contributed by atoms with E-state index in [0.29, 0.717) is 17.3 Å². The van der Waals surface area contributed by atoms with Crippen LogP contribution in [0, 0.1) is 18.3 Å². The summed E-state index contributed by atoms with van der Waals surface area (Å²) in [5.74, 6) is 1.22. The van der Waals surface area contributed by atoms with E-state index in [4.69, 9.17) is 5.26 Å². The Balaban J connectivity index is 2.34. The molecule has 0 saturated carbocycles. The molecule has 0 radical (unpaired) electrons. The van der Waals surface area contributed by atoms with Gasteiger partial charge in [-0.15, -0.1) is 0 Å². The van der Waals surface area contributed by atoms with E-state index in [-0.39, 0.29) is 0 Å². The Morgan fingerprint density at radius 1 is 1.40 bits per heavy atom. The van der Waals surface area contributed by atoms with E-state index in [2.05, 4.69) is 42.6 Å². The lowest BCUT2D eigenvalue weighted by atomic mass is 10.1. The summed E-state index contributed by atoms with van der Waals surface area (Å²) in [6, 6.07) is 7.63. The lowest BCUT2D eigenvalue weighted by Gasteiger charge is -2.11. The average molecular weight is 332 g/mol. The molecule has 0 fully saturated rings. The highest BCUT2D eigenvalue weighted by Gasteiger charge is 2.07. The molecular formula is C14H14BrN5. The number of hydrogen-bond donors (Lipinski definition) is 2. The van der Waals surface area contributed by atoms with Gasteiger partial charge in [-0.2, -0.15) is 10.2 Å². The molecule has 0 aliphatic heterocycles. The summed E-state index contributed by atoms with van der Waals surface area (Å²) in [7, 11) is 0. The average Bonchev–Trinajstić information content (AvgIpc) is 2.45. The predicted molar refractivity (Wildman–Crippen MR) is 83.1 cm³/mol. The van der Waals surface area contributed by atoms with Crippen LogP contribution in [0.2, 0.25) is 0 Å². The van der Waals surface area contributed by atoms with Gasteiger partial charge in [-0.25, -0.2) is 4.98 Å². The van der Waals surface area contributed by atoms with Gasteiger partial charge in [0.15, 0.2) is 0 Å². The first-order valence-corrected chi connectivity index (χ1v) is 6.97. The van der Waals surface area contributed by atoms with Crippen LogP contribution in [0.1, 0.15) is 18.1 Å². The smallest absolute Gasteiger partial charge is 0.224 e. The fourth-order valence-corrected chi connectivity index (χ4v) is 1.94. The molecule has 0 bridgehead atoms. The van der Waals surface area contributed by atoms with Crippen molar-refractivity contribution in [2.24, 2.45) is 0 Å². The van der Waals surface area contributed by atoms with Gasteiger partial charge in [0.05, 0.1) is 16.1 Å². The second-order valence-electron chi connectivity index (χ2n) is 4.19. The third-order valence-corrected chi connectivity index (χ3v) is 3.28. The van der Waals surface area contributed by atoms with E-state index < -0.39 is 0 Å². The zero-order valence-corrected chi connectivity index (χ0v) is 12.8. The van der Waals surface area contributed by atoms with Crippen molar-refractivity contribution in [2.45, 2.75) is 13.8 Å². The molecule has 2 N–H and O–H groups in total. The van der Waals surface area contributed by atoms with Crippen molar-refractivity contribution in [3.63, 3.8) is 0 Å². The van der Waals surface area contributed by atoms with Gasteiger partial charge >= 0.3 is 0 Å². The van der Waals surface area contributed by atoms with Gasteiger partial charge in [0.25, 0.3) is 0 Å². The van der Waals surface area contributed by atoms with Crippen LogP contribution < -0.4 is 10.6 Å². The van der Waals surface area contributed by atoms with Crippen molar-refractivity contribution < 1.29 is 0 Å². The van der Waals surface area contributed by atoms with Gasteiger partial charge in [-0.1, -0.05) is 6.07 Å². The maximum atomic E-state index is 8.97. The Bertz CT molecular complexity index is 663. The molecule has 0 aliphatic rings. The van der Waals surface area contributed by atoms with Crippen molar-refractivity contribution in [1.82, 2.24) is 9.97 Å². The monoisotopic (exact) mass is 331 g/mol. The van der Waals surface area contributed by atoms with Crippen LogP contribution in [0.15, 0.2) is 28.9 Å². The number of hydrogen-bond acceptors (Lipinski definition) is 5. The number of rotatable bonds is 4. The van der Waals surface area contributed by atoms with Crippen molar-refractivity contribution in [3.05, 3.63) is 40.0 Å². The zero-order chi connectivity index (χ0) is 14.5. The lowest BCUT2D eigenvalue weighted by molar-refractivity contribution is 1.08. The highest BCUT2D eigenvalue weighted by Crippen LogP contribution is 2.26. The minimum absolute atomic E-state index is 0.562. The SMILES string of the molecule is CCNc1ncc(Br)c(Nc2cc(C#N)ccc2C)n1. The molecular weight excluding hydrogens is 318 g/mol. The lowest BCUT2D eigenvalue weighted by Crippen LogP contribution is -2.05. The number of nitrogens with one attached hydrogen (secondary N) is 2. The highest BCUT2D eigenvalue weighted by molar-refractivity contribution is 9.10. The van der Waals surface area contributed by atoms with Crippen LogP contribution in [0.25, 0.3) is 0 Å². The van der Waals surface area contributed by atoms with Crippen LogP contribution >= 0.6 is 15.9 Å². The summed E-state index contributed by atoms with van der Waals surface area (Å²) in [4.78, 5) is 8.56. The van der Waals surface area contributed by atoms with E-state index in [0.717, 1.165) is 22.3 Å². The Labute approximate surface area is 126 Å². The normalized spacial score (nSPS) is 9.90. The number of anilines is 3. The predicted octanol–water partition coefficient (Wildman–Crippen LogP) is 3.59. The minimum atomic E-state index is 0.562. The topological polar surface area (TPSA) is 73.6 Å². The van der Waals surface area contributed by atoms with Gasteiger partial charge in [0, 0.05) is 18.4 Å². The molecule has 2 aromatic rings. The summed E-state index contributed by atoms with van der Waals surface area (Å²) in [6.07, 6.45) is 1.69. The first-order chi connectivity index (χ1) is 9.63. The van der Waals surface area contributed by atoms with E-state index >= 15 is 0 Å². The molecule has 0 atom stereocenters. The largest absolute Gasteiger partial charge is 0.354 e. The van der Waals surface area contributed by atoms with Gasteiger partial charge in [0.2, 0.25) is 5.95 Å². The van der Waals surface area contributed by atoms with Crippen LogP contribution in [-0.4, -0.2) is 16.5 Å². The Hall–Kier alpha value is -2.13. The van der Waals surface area contributed by atoms with E-state index in [9.17, 15) is 0 Å². The molecule has 6 heteroatoms. The fourth-order valence-electron chi connectivity index (χ4n) is 1.65. The Kier molecular flexibility index (Phi) is 4.53. The number of nitriles is 1. The van der Waals surface area contributed by atoms with Crippen molar-refractivity contribution in [3.8, 4) is 6.07 Å². The summed E-state index contributed by atoms with van der Waals surface area (Å²) >= 11 is 3.42. The maximum Gasteiger partial charge on any atom is 0.224 e. The highest BCUT2D eigenvalue weighted by atomic mass is 79.9. The van der Waals surface area contributed by atoms with Crippen LogP contribution in [-0.2, 0) is 0 Å². The zero-order valence-electron chi connectivity index (χ0n) is 11.2. The third-order valence-electron chi connectivity index (χ3n) is 2.70. The third kappa shape index (κ3) is 3.25. The first kappa shape index (κ1) is 14.3. The summed E-state index contributed by atoms with van der Waals surface area (Å²) in [5, 5.41) is 15.3. The quantitative estimate of drug-likeness (QED) is 0.895. The number of halogens is 1. The standard InChI is InChI=1S/C14H14BrN5/c1-3-17-14-18-8-11(15)13(20-14)19-12-6-10(7-16)5-4-9(12)2/h4-6,8H,3H2,1-2H3,(H2,17,18,19,20). The van der Waals surface area contributed by atoms with Crippen molar-refractivity contribution in [2.75, 3.05) is 17.2 Å². The van der Waals surface area contributed by atoms with Crippen LogP contribution in [0.3, 0.4) is 0 Å². The number of aryl methyl sites for hydroxylation is 1. The fraction of sp³-hybridized carbons (Fsp3) is 0.214. The molecule has 0 amide bonds. The molecule has 0 aliphatic carbocycles. The molecule has 0 saturated heterocycles. The first-order valence-electron chi connectivity index (χ1n) is 6.18. The molecule has 0 spiro atoms. The van der Waals surface area contributed by atoms with Gasteiger partial charge < -0.3 is 10.6 Å². The molecule has 5 nitrogen and oxygen atoms in total. The molecule has 1 heterocycles. The summed E-state index contributed by atoms with van der Waals surface area (Å²) < 4.78 is 0.765. The van der Waals surface area contributed by atoms with Gasteiger partial charge in [-0.05, 0) is 47.5 Å². The van der Waals surface area contributed by atoms with Crippen LogP contribution in [0.5, 0.6) is 0 Å². The van der Waals surface area contributed by atoms with Gasteiger partial charge in [0.1, 0.15) is 5.82 Å². The molecule has 2 rings (SSSR count). The number of benzene rings is 1. The molecule has 1 aromatic carbocycles. The Morgan fingerprint density at radius 3 is 2.90 bits per heavy atom.